The minimum atomic E-state index is -0.319. The molecule has 2 unspecified atom stereocenters. The zero-order chi connectivity index (χ0) is 18.7. The Morgan fingerprint density at radius 2 is 1.44 bits per heavy atom. The van der Waals surface area contributed by atoms with Crippen molar-refractivity contribution in [1.82, 2.24) is 4.90 Å². The second-order valence-electron chi connectivity index (χ2n) is 7.64. The summed E-state index contributed by atoms with van der Waals surface area (Å²) < 4.78 is 0. The second-order valence-corrected chi connectivity index (χ2v) is 7.64. The van der Waals surface area contributed by atoms with Crippen LogP contribution < -0.4 is 0 Å². The molecule has 0 aliphatic carbocycles. The van der Waals surface area contributed by atoms with E-state index in [0.29, 0.717) is 6.42 Å². The van der Waals surface area contributed by atoms with E-state index < -0.39 is 0 Å². The molecule has 0 aromatic carbocycles. The van der Waals surface area contributed by atoms with Crippen molar-refractivity contribution in [2.75, 3.05) is 0 Å². The number of amides is 3. The van der Waals surface area contributed by atoms with E-state index in [-0.39, 0.29) is 30.6 Å². The Hall–Kier alpha value is -1.19. The molecular formula is C21H37NO3. The van der Waals surface area contributed by atoms with Gasteiger partial charge in [-0.1, -0.05) is 78.6 Å². The van der Waals surface area contributed by atoms with Crippen LogP contribution in [0, 0.1) is 11.8 Å². The third-order valence-electron chi connectivity index (χ3n) is 5.51. The Morgan fingerprint density at radius 3 is 2.00 bits per heavy atom. The number of unbranched alkanes of at least 4 members (excludes halogenated alkanes) is 4. The summed E-state index contributed by atoms with van der Waals surface area (Å²) in [6.45, 7) is 6.85. The topological polar surface area (TPSA) is 54.5 Å². The first-order chi connectivity index (χ1) is 12.0. The molecule has 1 aliphatic rings. The quantitative estimate of drug-likeness (QED) is 0.336. The number of rotatable bonds is 13. The molecule has 1 aliphatic heterocycles. The number of likely N-dealkylation sites (tertiary alicyclic amines) is 1. The zero-order valence-corrected chi connectivity index (χ0v) is 16.5. The first kappa shape index (κ1) is 21.9. The van der Waals surface area contributed by atoms with Crippen molar-refractivity contribution < 1.29 is 14.4 Å². The van der Waals surface area contributed by atoms with Crippen molar-refractivity contribution in [2.24, 2.45) is 11.8 Å². The molecule has 25 heavy (non-hydrogen) atoms. The summed E-state index contributed by atoms with van der Waals surface area (Å²) in [6, 6.07) is 0. The number of hydrogen-bond acceptors (Lipinski definition) is 3. The summed E-state index contributed by atoms with van der Waals surface area (Å²) in [5, 5.41) is 0. The highest BCUT2D eigenvalue weighted by molar-refractivity contribution is 6.14. The first-order valence-electron chi connectivity index (χ1n) is 10.4. The van der Waals surface area contributed by atoms with Crippen LogP contribution in [0.4, 0.5) is 0 Å². The Balaban J connectivity index is 2.35. The van der Waals surface area contributed by atoms with Gasteiger partial charge in [-0.15, -0.1) is 0 Å². The molecule has 1 saturated heterocycles. The van der Waals surface area contributed by atoms with Gasteiger partial charge < -0.3 is 0 Å². The van der Waals surface area contributed by atoms with Gasteiger partial charge in [0.2, 0.25) is 17.7 Å². The highest BCUT2D eigenvalue weighted by Gasteiger charge is 2.33. The molecule has 1 heterocycles. The van der Waals surface area contributed by atoms with Gasteiger partial charge in [0.1, 0.15) is 0 Å². The van der Waals surface area contributed by atoms with Gasteiger partial charge in [0.05, 0.1) is 0 Å². The maximum atomic E-state index is 12.1. The Labute approximate surface area is 153 Å². The molecule has 0 aromatic rings. The number of hydrogen-bond donors (Lipinski definition) is 0. The van der Waals surface area contributed by atoms with Crippen LogP contribution in [-0.4, -0.2) is 22.6 Å². The molecule has 3 amide bonds. The molecular weight excluding hydrogens is 314 g/mol. The normalized spacial score (nSPS) is 17.2. The van der Waals surface area contributed by atoms with Gasteiger partial charge in [0, 0.05) is 19.3 Å². The molecule has 0 radical (unpaired) electrons. The largest absolute Gasteiger partial charge is 0.274 e. The van der Waals surface area contributed by atoms with Crippen LogP contribution in [0.1, 0.15) is 104 Å². The van der Waals surface area contributed by atoms with Crippen molar-refractivity contribution in [3.63, 3.8) is 0 Å². The maximum Gasteiger partial charge on any atom is 0.236 e. The fraction of sp³-hybridized carbons (Fsp3) is 0.857. The minimum absolute atomic E-state index is 0.193. The minimum Gasteiger partial charge on any atom is -0.274 e. The maximum absolute atomic E-state index is 12.1. The van der Waals surface area contributed by atoms with E-state index in [9.17, 15) is 14.4 Å². The standard InChI is InChI=1S/C21H37NO3/c1-4-6-8-12-18(17(3)11-7-5-2)13-9-10-14-19(23)22-20(24)15-16-21(22)25/h17-18H,4-16H2,1-3H3. The summed E-state index contributed by atoms with van der Waals surface area (Å²) in [5.41, 5.74) is 0. The molecule has 0 bridgehead atoms. The monoisotopic (exact) mass is 351 g/mol. The predicted molar refractivity (Wildman–Crippen MR) is 101 cm³/mol. The fourth-order valence-electron chi connectivity index (χ4n) is 3.78. The van der Waals surface area contributed by atoms with Crippen LogP contribution in [0.5, 0.6) is 0 Å². The first-order valence-corrected chi connectivity index (χ1v) is 10.4. The SMILES string of the molecule is CCCCCC(CCCCC(=O)N1C(=O)CCC1=O)C(C)CCCC. The van der Waals surface area contributed by atoms with Crippen molar-refractivity contribution >= 4 is 17.7 Å². The Morgan fingerprint density at radius 1 is 0.880 bits per heavy atom. The molecule has 2 atom stereocenters. The lowest BCUT2D eigenvalue weighted by molar-refractivity contribution is -0.149. The van der Waals surface area contributed by atoms with Gasteiger partial charge in [-0.05, 0) is 18.3 Å². The van der Waals surface area contributed by atoms with E-state index in [1.165, 1.54) is 44.9 Å². The van der Waals surface area contributed by atoms with Crippen LogP contribution >= 0.6 is 0 Å². The van der Waals surface area contributed by atoms with E-state index >= 15 is 0 Å². The number of carbonyl (C=O) groups excluding carboxylic acids is 3. The van der Waals surface area contributed by atoms with Crippen LogP contribution in [0.25, 0.3) is 0 Å². The number of imide groups is 3. The molecule has 1 rings (SSSR count). The van der Waals surface area contributed by atoms with Crippen molar-refractivity contribution in [2.45, 2.75) is 104 Å². The van der Waals surface area contributed by atoms with Gasteiger partial charge in [-0.2, -0.15) is 0 Å². The van der Waals surface area contributed by atoms with Crippen molar-refractivity contribution in [3.05, 3.63) is 0 Å². The molecule has 0 spiro atoms. The smallest absolute Gasteiger partial charge is 0.236 e. The molecule has 0 saturated carbocycles. The van der Waals surface area contributed by atoms with Crippen LogP contribution in [0.2, 0.25) is 0 Å². The molecule has 0 aromatic heterocycles. The second kappa shape index (κ2) is 12.2. The Bertz CT molecular complexity index is 417. The fourth-order valence-corrected chi connectivity index (χ4v) is 3.78. The highest BCUT2D eigenvalue weighted by atomic mass is 16.2. The van der Waals surface area contributed by atoms with Gasteiger partial charge in [-0.25, -0.2) is 4.90 Å². The third kappa shape index (κ3) is 7.70. The van der Waals surface area contributed by atoms with Crippen LogP contribution in [-0.2, 0) is 14.4 Å². The van der Waals surface area contributed by atoms with Gasteiger partial charge in [0.25, 0.3) is 0 Å². The summed E-state index contributed by atoms with van der Waals surface area (Å²) >= 11 is 0. The van der Waals surface area contributed by atoms with Crippen molar-refractivity contribution in [3.8, 4) is 0 Å². The lowest BCUT2D eigenvalue weighted by Crippen LogP contribution is -2.35. The highest BCUT2D eigenvalue weighted by Crippen LogP contribution is 2.29. The molecule has 144 valence electrons. The average molecular weight is 352 g/mol. The third-order valence-corrected chi connectivity index (χ3v) is 5.51. The lowest BCUT2D eigenvalue weighted by atomic mass is 9.82. The summed E-state index contributed by atoms with van der Waals surface area (Å²) in [4.78, 5) is 36.1. The summed E-state index contributed by atoms with van der Waals surface area (Å²) in [6.07, 6.45) is 12.6. The predicted octanol–water partition coefficient (Wildman–Crippen LogP) is 5.25. The summed E-state index contributed by atoms with van der Waals surface area (Å²) in [7, 11) is 0. The van der Waals surface area contributed by atoms with Gasteiger partial charge in [0.15, 0.2) is 0 Å². The van der Waals surface area contributed by atoms with Crippen LogP contribution in [0.15, 0.2) is 0 Å². The van der Waals surface area contributed by atoms with Crippen LogP contribution in [0.3, 0.4) is 0 Å². The van der Waals surface area contributed by atoms with Crippen molar-refractivity contribution in [1.29, 1.82) is 0 Å². The van der Waals surface area contributed by atoms with E-state index in [0.717, 1.165) is 36.0 Å². The van der Waals surface area contributed by atoms with E-state index in [2.05, 4.69) is 20.8 Å². The lowest BCUT2D eigenvalue weighted by Gasteiger charge is -2.24. The van der Waals surface area contributed by atoms with Gasteiger partial charge >= 0.3 is 0 Å². The zero-order valence-electron chi connectivity index (χ0n) is 16.5. The Kier molecular flexibility index (Phi) is 10.7. The van der Waals surface area contributed by atoms with E-state index in [1.54, 1.807) is 0 Å². The number of carbonyl (C=O) groups is 3. The molecule has 4 heteroatoms. The van der Waals surface area contributed by atoms with E-state index in [4.69, 9.17) is 0 Å². The molecule has 0 N–H and O–H groups in total. The molecule has 1 fully saturated rings. The summed E-state index contributed by atoms with van der Waals surface area (Å²) in [5.74, 6) is 0.549. The molecule has 4 nitrogen and oxygen atoms in total. The average Bonchev–Trinajstić information content (AvgIpc) is 2.93. The van der Waals surface area contributed by atoms with Gasteiger partial charge in [-0.3, -0.25) is 14.4 Å². The number of nitrogens with zero attached hydrogens (tertiary/aromatic N) is 1. The van der Waals surface area contributed by atoms with E-state index in [1.807, 2.05) is 0 Å².